The molecule has 31 heavy (non-hydrogen) atoms. The molecule has 9 heteroatoms. The zero-order chi connectivity index (χ0) is 21.6. The minimum Gasteiger partial charge on any atom is -0.355 e. The van der Waals surface area contributed by atoms with E-state index in [0.29, 0.717) is 36.2 Å². The second kappa shape index (κ2) is 7.72. The SMILES string of the molecule is CCN(C(=O)[C@@H]1CCCN(C2=NS(=O)(=O)c3ccccc32)C1)c1nc2ccccc2s1. The summed E-state index contributed by atoms with van der Waals surface area (Å²) in [6.45, 7) is 3.62. The van der Waals surface area contributed by atoms with E-state index in [-0.39, 0.29) is 16.7 Å². The van der Waals surface area contributed by atoms with Crippen molar-refractivity contribution in [1.82, 2.24) is 9.88 Å². The van der Waals surface area contributed by atoms with Gasteiger partial charge in [-0.15, -0.1) is 4.40 Å². The van der Waals surface area contributed by atoms with Gasteiger partial charge in [-0.3, -0.25) is 9.69 Å². The van der Waals surface area contributed by atoms with Crippen molar-refractivity contribution in [2.75, 3.05) is 24.5 Å². The Hall–Kier alpha value is -2.78. The highest BCUT2D eigenvalue weighted by Crippen LogP contribution is 2.32. The normalized spacial score (nSPS) is 19.8. The lowest BCUT2D eigenvalue weighted by atomic mass is 9.96. The van der Waals surface area contributed by atoms with Gasteiger partial charge in [-0.25, -0.2) is 4.98 Å². The number of hydrogen-bond donors (Lipinski definition) is 0. The van der Waals surface area contributed by atoms with Crippen molar-refractivity contribution in [3.63, 3.8) is 0 Å². The molecule has 3 aromatic rings. The Morgan fingerprint density at radius 1 is 1.19 bits per heavy atom. The van der Waals surface area contributed by atoms with Crippen LogP contribution in [0.25, 0.3) is 10.2 Å². The maximum atomic E-state index is 13.4. The molecule has 3 heterocycles. The molecule has 0 aliphatic carbocycles. The van der Waals surface area contributed by atoms with Crippen LogP contribution in [0, 0.1) is 5.92 Å². The third-order valence-corrected chi connectivity index (χ3v) is 8.16. The lowest BCUT2D eigenvalue weighted by molar-refractivity contribution is -0.123. The standard InChI is InChI=1S/C22H22N4O3S2/c1-2-26(22-23-17-10-4-5-11-18(17)30-22)21(27)15-8-7-13-25(14-15)20-16-9-3-6-12-19(16)31(28,29)24-20/h3-6,9-12,15H,2,7-8,13-14H2,1H3/t15-/m1/s1. The van der Waals surface area contributed by atoms with Gasteiger partial charge in [-0.05, 0) is 44.0 Å². The van der Waals surface area contributed by atoms with E-state index < -0.39 is 10.0 Å². The maximum Gasteiger partial charge on any atom is 0.285 e. The fourth-order valence-corrected chi connectivity index (χ4v) is 6.53. The highest BCUT2D eigenvalue weighted by atomic mass is 32.2. The fraction of sp³-hybridized carbons (Fsp3) is 0.318. The summed E-state index contributed by atoms with van der Waals surface area (Å²) in [4.78, 5) is 22.0. The molecule has 7 nitrogen and oxygen atoms in total. The highest BCUT2D eigenvalue weighted by Gasteiger charge is 2.36. The van der Waals surface area contributed by atoms with Gasteiger partial charge in [-0.2, -0.15) is 8.42 Å². The van der Waals surface area contributed by atoms with E-state index in [1.807, 2.05) is 42.2 Å². The van der Waals surface area contributed by atoms with Gasteiger partial charge in [0.2, 0.25) is 5.91 Å². The molecule has 1 fully saturated rings. The third kappa shape index (κ3) is 3.51. The number of carbonyl (C=O) groups is 1. The topological polar surface area (TPSA) is 82.9 Å². The van der Waals surface area contributed by atoms with Crippen LogP contribution in [-0.2, 0) is 14.8 Å². The van der Waals surface area contributed by atoms with Gasteiger partial charge in [-0.1, -0.05) is 35.6 Å². The van der Waals surface area contributed by atoms with E-state index in [9.17, 15) is 13.2 Å². The van der Waals surface area contributed by atoms with E-state index in [1.54, 1.807) is 23.1 Å². The average molecular weight is 455 g/mol. The fourth-order valence-electron chi connectivity index (χ4n) is 4.27. The van der Waals surface area contributed by atoms with E-state index in [1.165, 1.54) is 11.3 Å². The maximum absolute atomic E-state index is 13.4. The first-order valence-electron chi connectivity index (χ1n) is 10.3. The van der Waals surface area contributed by atoms with E-state index in [2.05, 4.69) is 9.38 Å². The number of likely N-dealkylation sites (tertiary alicyclic amines) is 1. The minimum absolute atomic E-state index is 0.0287. The molecule has 0 unspecified atom stereocenters. The lowest BCUT2D eigenvalue weighted by Gasteiger charge is -2.35. The highest BCUT2D eigenvalue weighted by molar-refractivity contribution is 7.90. The summed E-state index contributed by atoms with van der Waals surface area (Å²) < 4.78 is 30.0. The number of sulfonamides is 1. The molecule has 0 radical (unpaired) electrons. The van der Waals surface area contributed by atoms with Gasteiger partial charge in [0.15, 0.2) is 11.0 Å². The smallest absolute Gasteiger partial charge is 0.285 e. The number of amidine groups is 1. The van der Waals surface area contributed by atoms with Crippen LogP contribution < -0.4 is 4.90 Å². The lowest BCUT2D eigenvalue weighted by Crippen LogP contribution is -2.47. The van der Waals surface area contributed by atoms with Gasteiger partial charge < -0.3 is 4.90 Å². The number of rotatable bonds is 3. The largest absolute Gasteiger partial charge is 0.355 e. The predicted molar refractivity (Wildman–Crippen MR) is 122 cm³/mol. The number of piperidine rings is 1. The summed E-state index contributed by atoms with van der Waals surface area (Å²) in [5.41, 5.74) is 1.51. The number of amides is 1. The Bertz CT molecular complexity index is 1270. The molecule has 160 valence electrons. The van der Waals surface area contributed by atoms with Gasteiger partial charge in [0, 0.05) is 25.2 Å². The second-order valence-corrected chi connectivity index (χ2v) is 10.3. The number of thiazole rings is 1. The molecule has 0 saturated carbocycles. The Labute approximate surface area is 185 Å². The van der Waals surface area contributed by atoms with Gasteiger partial charge >= 0.3 is 0 Å². The number of hydrogen-bond acceptors (Lipinski definition) is 6. The number of carbonyl (C=O) groups excluding carboxylic acids is 1. The number of aromatic nitrogens is 1. The van der Waals surface area contributed by atoms with Crippen molar-refractivity contribution in [1.29, 1.82) is 0 Å². The van der Waals surface area contributed by atoms with Crippen molar-refractivity contribution in [2.24, 2.45) is 10.3 Å². The molecule has 1 amide bonds. The van der Waals surface area contributed by atoms with Crippen molar-refractivity contribution in [3.05, 3.63) is 54.1 Å². The summed E-state index contributed by atoms with van der Waals surface area (Å²) in [6, 6.07) is 14.7. The molecule has 1 saturated heterocycles. The second-order valence-electron chi connectivity index (χ2n) is 7.72. The van der Waals surface area contributed by atoms with Crippen LogP contribution in [0.5, 0.6) is 0 Å². The summed E-state index contributed by atoms with van der Waals surface area (Å²) >= 11 is 1.52. The Kier molecular flexibility index (Phi) is 5.02. The Morgan fingerprint density at radius 2 is 1.97 bits per heavy atom. The van der Waals surface area contributed by atoms with Crippen LogP contribution in [0.4, 0.5) is 5.13 Å². The number of nitrogens with zero attached hydrogens (tertiary/aromatic N) is 4. The quantitative estimate of drug-likeness (QED) is 0.605. The van der Waals surface area contributed by atoms with E-state index in [4.69, 9.17) is 0 Å². The predicted octanol–water partition coefficient (Wildman–Crippen LogP) is 3.51. The summed E-state index contributed by atoms with van der Waals surface area (Å²) in [5, 5.41) is 0.706. The van der Waals surface area contributed by atoms with Crippen LogP contribution >= 0.6 is 11.3 Å². The first-order valence-corrected chi connectivity index (χ1v) is 12.6. The molecule has 2 aliphatic heterocycles. The molecular formula is C22H22N4O3S2. The number of para-hydroxylation sites is 1. The van der Waals surface area contributed by atoms with Gasteiger partial charge in [0.25, 0.3) is 10.0 Å². The zero-order valence-electron chi connectivity index (χ0n) is 17.1. The average Bonchev–Trinajstić information content (AvgIpc) is 3.33. The number of anilines is 1. The first-order chi connectivity index (χ1) is 15.0. The van der Waals surface area contributed by atoms with Crippen molar-refractivity contribution < 1.29 is 13.2 Å². The van der Waals surface area contributed by atoms with E-state index in [0.717, 1.165) is 23.1 Å². The Balaban J connectivity index is 1.40. The minimum atomic E-state index is -3.68. The molecule has 2 aliphatic rings. The first kappa shape index (κ1) is 20.1. The van der Waals surface area contributed by atoms with Crippen LogP contribution in [0.15, 0.2) is 57.8 Å². The van der Waals surface area contributed by atoms with Crippen molar-refractivity contribution >= 4 is 48.5 Å². The number of benzene rings is 2. The van der Waals surface area contributed by atoms with Crippen LogP contribution in [0.3, 0.4) is 0 Å². The Morgan fingerprint density at radius 3 is 2.77 bits per heavy atom. The molecule has 0 bridgehead atoms. The third-order valence-electron chi connectivity index (χ3n) is 5.78. The van der Waals surface area contributed by atoms with Gasteiger partial charge in [0.05, 0.1) is 16.1 Å². The molecule has 2 aromatic carbocycles. The molecule has 1 aromatic heterocycles. The summed E-state index contributed by atoms with van der Waals surface area (Å²) in [5.74, 6) is 0.246. The van der Waals surface area contributed by atoms with Gasteiger partial charge in [0.1, 0.15) is 4.90 Å². The molecule has 5 rings (SSSR count). The number of fused-ring (bicyclic) bond motifs is 2. The van der Waals surface area contributed by atoms with Crippen LogP contribution in [0.1, 0.15) is 25.3 Å². The van der Waals surface area contributed by atoms with Crippen molar-refractivity contribution in [3.8, 4) is 0 Å². The molecule has 0 N–H and O–H groups in total. The summed E-state index contributed by atoms with van der Waals surface area (Å²) in [6.07, 6.45) is 1.56. The monoisotopic (exact) mass is 454 g/mol. The van der Waals surface area contributed by atoms with E-state index >= 15 is 0 Å². The summed E-state index contributed by atoms with van der Waals surface area (Å²) in [7, 11) is -3.68. The molecule has 1 atom stereocenters. The zero-order valence-corrected chi connectivity index (χ0v) is 18.7. The van der Waals surface area contributed by atoms with Crippen LogP contribution in [-0.4, -0.2) is 49.7 Å². The molecule has 0 spiro atoms. The van der Waals surface area contributed by atoms with Crippen LogP contribution in [0.2, 0.25) is 0 Å². The van der Waals surface area contributed by atoms with Crippen molar-refractivity contribution in [2.45, 2.75) is 24.7 Å². The molecular weight excluding hydrogens is 432 g/mol.